The number of benzene rings is 2. The molecule has 0 radical (unpaired) electrons. The van der Waals surface area contributed by atoms with E-state index in [9.17, 15) is 9.59 Å². The Labute approximate surface area is 204 Å². The summed E-state index contributed by atoms with van der Waals surface area (Å²) in [4.78, 5) is 29.3. The summed E-state index contributed by atoms with van der Waals surface area (Å²) < 4.78 is 18.3. The molecule has 2 amide bonds. The Kier molecular flexibility index (Phi) is 6.15. The minimum absolute atomic E-state index is 0.0177. The van der Waals surface area contributed by atoms with Gasteiger partial charge in [0.15, 0.2) is 0 Å². The van der Waals surface area contributed by atoms with E-state index >= 15 is 0 Å². The number of methoxy groups -OCH3 is 2. The lowest BCUT2D eigenvalue weighted by Crippen LogP contribution is -2.64. The van der Waals surface area contributed by atoms with Gasteiger partial charge < -0.3 is 29.0 Å². The first-order valence-electron chi connectivity index (χ1n) is 11.9. The summed E-state index contributed by atoms with van der Waals surface area (Å²) in [5, 5.41) is 4.00. The largest absolute Gasteiger partial charge is 0.497 e. The highest BCUT2D eigenvalue weighted by molar-refractivity contribution is 6.03. The number of nitrogens with zero attached hydrogens (tertiary/aromatic N) is 2. The molecule has 5 rings (SSSR count). The number of ether oxygens (including phenoxy) is 3. The van der Waals surface area contributed by atoms with Gasteiger partial charge in [-0.2, -0.15) is 0 Å². The lowest BCUT2D eigenvalue weighted by molar-refractivity contribution is -0.133. The lowest BCUT2D eigenvalue weighted by atomic mass is 9.93. The van der Waals surface area contributed by atoms with E-state index in [0.717, 1.165) is 41.7 Å². The van der Waals surface area contributed by atoms with E-state index in [0.29, 0.717) is 31.1 Å². The number of rotatable bonds is 7. The standard InChI is InChI=1S/C27H31N3O5/c1-27(26(32)28-15-22-5-4-12-35-22)17-29-23-14-21(34-3)11-8-19(23)13-24(29)25(31)30(27)16-18-6-9-20(33-2)10-7-18/h6-11,13-14,22H,4-5,12,15-17H2,1-3H3,(H,28,32)/t22-,27-/m1/s1. The van der Waals surface area contributed by atoms with Gasteiger partial charge in [0.25, 0.3) is 5.91 Å². The molecule has 2 atom stereocenters. The van der Waals surface area contributed by atoms with Crippen molar-refractivity contribution >= 4 is 22.7 Å². The van der Waals surface area contributed by atoms with Crippen molar-refractivity contribution in [3.8, 4) is 11.5 Å². The van der Waals surface area contributed by atoms with Gasteiger partial charge >= 0.3 is 0 Å². The summed E-state index contributed by atoms with van der Waals surface area (Å²) in [6, 6.07) is 15.2. The highest BCUT2D eigenvalue weighted by atomic mass is 16.5. The zero-order valence-corrected chi connectivity index (χ0v) is 20.4. The molecule has 0 unspecified atom stereocenters. The van der Waals surface area contributed by atoms with Crippen LogP contribution in [0.2, 0.25) is 0 Å². The predicted octanol–water partition coefficient (Wildman–Crippen LogP) is 3.37. The van der Waals surface area contributed by atoms with Crippen LogP contribution in [0.5, 0.6) is 11.5 Å². The van der Waals surface area contributed by atoms with E-state index in [4.69, 9.17) is 14.2 Å². The maximum Gasteiger partial charge on any atom is 0.271 e. The van der Waals surface area contributed by atoms with E-state index in [1.807, 2.05) is 60.0 Å². The molecule has 35 heavy (non-hydrogen) atoms. The molecular formula is C27H31N3O5. The van der Waals surface area contributed by atoms with Crippen LogP contribution in [0, 0.1) is 0 Å². The number of fused-ring (bicyclic) bond motifs is 3. The van der Waals surface area contributed by atoms with Crippen LogP contribution in [0.1, 0.15) is 35.8 Å². The molecule has 3 aromatic rings. The molecular weight excluding hydrogens is 446 g/mol. The van der Waals surface area contributed by atoms with Gasteiger partial charge in [0, 0.05) is 31.1 Å². The number of nitrogens with one attached hydrogen (secondary N) is 1. The monoisotopic (exact) mass is 477 g/mol. The van der Waals surface area contributed by atoms with Crippen molar-refractivity contribution < 1.29 is 23.8 Å². The molecule has 0 saturated carbocycles. The Morgan fingerprint density at radius 1 is 1.11 bits per heavy atom. The van der Waals surface area contributed by atoms with Gasteiger partial charge in [0.1, 0.15) is 22.7 Å². The van der Waals surface area contributed by atoms with Crippen molar-refractivity contribution in [2.45, 2.75) is 44.5 Å². The van der Waals surface area contributed by atoms with Crippen LogP contribution in [0.4, 0.5) is 0 Å². The number of carbonyl (C=O) groups is 2. The quantitative estimate of drug-likeness (QED) is 0.564. The van der Waals surface area contributed by atoms with Crippen LogP contribution in [0.3, 0.4) is 0 Å². The molecule has 1 saturated heterocycles. The third-order valence-corrected chi connectivity index (χ3v) is 7.14. The SMILES string of the molecule is COc1ccc(CN2C(=O)c3cc4ccc(OC)cc4n3C[C@]2(C)C(=O)NC[C@H]2CCCO2)cc1. The van der Waals surface area contributed by atoms with Crippen molar-refractivity contribution in [2.75, 3.05) is 27.4 Å². The van der Waals surface area contributed by atoms with Crippen LogP contribution < -0.4 is 14.8 Å². The van der Waals surface area contributed by atoms with Gasteiger partial charge in [0.2, 0.25) is 5.91 Å². The topological polar surface area (TPSA) is 82.0 Å². The molecule has 1 fully saturated rings. The molecule has 184 valence electrons. The molecule has 8 heteroatoms. The van der Waals surface area contributed by atoms with Crippen LogP contribution in [-0.2, 0) is 22.6 Å². The third-order valence-electron chi connectivity index (χ3n) is 7.14. The number of amides is 2. The Morgan fingerprint density at radius 3 is 2.54 bits per heavy atom. The van der Waals surface area contributed by atoms with E-state index in [1.165, 1.54) is 0 Å². The molecule has 1 aromatic heterocycles. The first kappa shape index (κ1) is 23.2. The molecule has 1 N–H and O–H groups in total. The van der Waals surface area contributed by atoms with Crippen LogP contribution >= 0.6 is 0 Å². The lowest BCUT2D eigenvalue weighted by Gasteiger charge is -2.44. The number of aromatic nitrogens is 1. The number of hydrogen-bond acceptors (Lipinski definition) is 5. The predicted molar refractivity (Wildman–Crippen MR) is 132 cm³/mol. The maximum atomic E-state index is 13.9. The summed E-state index contributed by atoms with van der Waals surface area (Å²) in [5.74, 6) is 1.07. The van der Waals surface area contributed by atoms with Crippen molar-refractivity contribution in [2.24, 2.45) is 0 Å². The minimum atomic E-state index is -1.10. The molecule has 8 nitrogen and oxygen atoms in total. The van der Waals surface area contributed by atoms with Crippen molar-refractivity contribution in [1.82, 2.24) is 14.8 Å². The Morgan fingerprint density at radius 2 is 1.86 bits per heavy atom. The fraction of sp³-hybridized carbons (Fsp3) is 0.407. The van der Waals surface area contributed by atoms with Gasteiger partial charge in [-0.15, -0.1) is 0 Å². The summed E-state index contributed by atoms with van der Waals surface area (Å²) in [5.41, 5.74) is 1.25. The fourth-order valence-corrected chi connectivity index (χ4v) is 5.02. The van der Waals surface area contributed by atoms with Crippen LogP contribution in [0.25, 0.3) is 10.9 Å². The Hall–Kier alpha value is -3.52. The smallest absolute Gasteiger partial charge is 0.271 e. The van der Waals surface area contributed by atoms with Crippen molar-refractivity contribution in [1.29, 1.82) is 0 Å². The summed E-state index contributed by atoms with van der Waals surface area (Å²) in [6.45, 7) is 3.64. The van der Waals surface area contributed by atoms with Gasteiger partial charge in [-0.25, -0.2) is 0 Å². The van der Waals surface area contributed by atoms with E-state index in [-0.39, 0.29) is 17.9 Å². The molecule has 2 aliphatic heterocycles. The average Bonchev–Trinajstić information content (AvgIpc) is 3.53. The van der Waals surface area contributed by atoms with Gasteiger partial charge in [-0.05, 0) is 55.7 Å². The van der Waals surface area contributed by atoms with Crippen LogP contribution in [0.15, 0.2) is 48.5 Å². The summed E-state index contributed by atoms with van der Waals surface area (Å²) >= 11 is 0. The van der Waals surface area contributed by atoms with Crippen LogP contribution in [-0.4, -0.2) is 60.3 Å². The summed E-state index contributed by atoms with van der Waals surface area (Å²) in [6.07, 6.45) is 1.95. The third kappa shape index (κ3) is 4.23. The summed E-state index contributed by atoms with van der Waals surface area (Å²) in [7, 11) is 3.23. The first-order valence-corrected chi connectivity index (χ1v) is 11.9. The fourth-order valence-electron chi connectivity index (χ4n) is 5.02. The van der Waals surface area contributed by atoms with Gasteiger partial charge in [-0.1, -0.05) is 12.1 Å². The van der Waals surface area contributed by atoms with Crippen molar-refractivity contribution in [3.63, 3.8) is 0 Å². The zero-order chi connectivity index (χ0) is 24.6. The first-order chi connectivity index (χ1) is 16.9. The molecule has 0 bridgehead atoms. The van der Waals surface area contributed by atoms with E-state index < -0.39 is 5.54 Å². The second-order valence-corrected chi connectivity index (χ2v) is 9.40. The van der Waals surface area contributed by atoms with Gasteiger partial charge in [-0.3, -0.25) is 9.59 Å². The molecule has 3 heterocycles. The molecule has 2 aromatic carbocycles. The average molecular weight is 478 g/mol. The number of hydrogen-bond donors (Lipinski definition) is 1. The second kappa shape index (κ2) is 9.26. The minimum Gasteiger partial charge on any atom is -0.497 e. The molecule has 2 aliphatic rings. The number of carbonyl (C=O) groups excluding carboxylic acids is 2. The zero-order valence-electron chi connectivity index (χ0n) is 20.4. The van der Waals surface area contributed by atoms with Crippen molar-refractivity contribution in [3.05, 3.63) is 59.8 Å². The van der Waals surface area contributed by atoms with Gasteiger partial charge in [0.05, 0.1) is 32.4 Å². The second-order valence-electron chi connectivity index (χ2n) is 9.40. The van der Waals surface area contributed by atoms with E-state index in [1.54, 1.807) is 19.1 Å². The van der Waals surface area contributed by atoms with E-state index in [2.05, 4.69) is 5.32 Å². The molecule has 0 aliphatic carbocycles. The molecule has 0 spiro atoms. The highest BCUT2D eigenvalue weighted by Gasteiger charge is 2.47. The maximum absolute atomic E-state index is 13.9. The normalized spacial score (nSPS) is 21.7. The Balaban J connectivity index is 1.52. The Bertz CT molecular complexity index is 1250. The highest BCUT2D eigenvalue weighted by Crippen LogP contribution is 2.35.